The fourth-order valence-corrected chi connectivity index (χ4v) is 5.15. The Morgan fingerprint density at radius 2 is 2.10 bits per heavy atom. The minimum atomic E-state index is -0.224. The van der Waals surface area contributed by atoms with Crippen molar-refractivity contribution in [3.05, 3.63) is 33.0 Å². The molecular formula is C20H28ClN5O3S. The van der Waals surface area contributed by atoms with Crippen LogP contribution in [0.2, 0.25) is 5.02 Å². The Morgan fingerprint density at radius 3 is 2.77 bits per heavy atom. The summed E-state index contributed by atoms with van der Waals surface area (Å²) in [6.07, 6.45) is 5.56. The summed E-state index contributed by atoms with van der Waals surface area (Å²) in [6.45, 7) is 7.91. The second-order valence-electron chi connectivity index (χ2n) is 7.99. The van der Waals surface area contributed by atoms with Gasteiger partial charge in [0.05, 0.1) is 35.1 Å². The summed E-state index contributed by atoms with van der Waals surface area (Å²) < 4.78 is 14.6. The van der Waals surface area contributed by atoms with Gasteiger partial charge < -0.3 is 14.6 Å². The first kappa shape index (κ1) is 21.7. The lowest BCUT2D eigenvalue weighted by molar-refractivity contribution is 0.0595. The van der Waals surface area contributed by atoms with Gasteiger partial charge >= 0.3 is 0 Å². The summed E-state index contributed by atoms with van der Waals surface area (Å²) in [5.74, 6) is 1.28. The molecule has 1 atom stereocenters. The maximum absolute atomic E-state index is 12.8. The van der Waals surface area contributed by atoms with Gasteiger partial charge in [0.1, 0.15) is 10.8 Å². The Balaban J connectivity index is 1.35. The van der Waals surface area contributed by atoms with Crippen LogP contribution in [0.3, 0.4) is 0 Å². The number of nitrogens with zero attached hydrogens (tertiary/aromatic N) is 4. The van der Waals surface area contributed by atoms with Gasteiger partial charge in [-0.15, -0.1) is 0 Å². The highest BCUT2D eigenvalue weighted by Gasteiger charge is 2.26. The molecule has 164 valence electrons. The molecular weight excluding hydrogens is 426 g/mol. The Labute approximate surface area is 185 Å². The third-order valence-electron chi connectivity index (χ3n) is 5.74. The molecule has 30 heavy (non-hydrogen) atoms. The predicted molar refractivity (Wildman–Crippen MR) is 117 cm³/mol. The van der Waals surface area contributed by atoms with E-state index in [1.54, 1.807) is 22.8 Å². The number of aromatic nitrogens is 3. The molecule has 2 aromatic heterocycles. The zero-order valence-corrected chi connectivity index (χ0v) is 19.0. The number of hydrogen-bond donors (Lipinski definition) is 1. The zero-order chi connectivity index (χ0) is 21.1. The molecule has 0 spiro atoms. The third-order valence-corrected chi connectivity index (χ3v) is 7.49. The second-order valence-corrected chi connectivity index (χ2v) is 9.48. The van der Waals surface area contributed by atoms with Crippen LogP contribution in [0.15, 0.2) is 20.4 Å². The minimum Gasteiger partial charge on any atom is -0.382 e. The predicted octanol–water partition coefficient (Wildman–Crippen LogP) is 3.68. The summed E-state index contributed by atoms with van der Waals surface area (Å²) >= 11 is 8.07. The van der Waals surface area contributed by atoms with E-state index in [4.69, 9.17) is 20.9 Å². The lowest BCUT2D eigenvalue weighted by Crippen LogP contribution is -2.36. The highest BCUT2D eigenvalue weighted by Crippen LogP contribution is 2.33. The van der Waals surface area contributed by atoms with Crippen LogP contribution < -0.4 is 10.9 Å². The largest absolute Gasteiger partial charge is 0.382 e. The molecule has 0 aliphatic carbocycles. The second kappa shape index (κ2) is 9.72. The van der Waals surface area contributed by atoms with E-state index < -0.39 is 0 Å². The molecule has 4 rings (SSSR count). The fraction of sp³-hybridized carbons (Fsp3) is 0.650. The van der Waals surface area contributed by atoms with Crippen molar-refractivity contribution in [3.8, 4) is 0 Å². The van der Waals surface area contributed by atoms with Crippen molar-refractivity contribution in [1.82, 2.24) is 19.2 Å². The average molecular weight is 454 g/mol. The molecule has 0 aromatic carbocycles. The first-order chi connectivity index (χ1) is 14.5. The highest BCUT2D eigenvalue weighted by molar-refractivity contribution is 7.97. The number of rotatable bonds is 6. The summed E-state index contributed by atoms with van der Waals surface area (Å²) in [4.78, 5) is 13.9. The summed E-state index contributed by atoms with van der Waals surface area (Å²) in [7, 11) is 0. The Hall–Kier alpha value is -1.55. The number of piperidine rings is 1. The van der Waals surface area contributed by atoms with Crippen molar-refractivity contribution in [2.45, 2.75) is 50.5 Å². The normalized spacial score (nSPS) is 21.1. The van der Waals surface area contributed by atoms with E-state index >= 15 is 0 Å². The molecule has 4 heterocycles. The van der Waals surface area contributed by atoms with Crippen LogP contribution in [-0.4, -0.2) is 52.1 Å². The molecule has 8 nitrogen and oxygen atoms in total. The molecule has 1 N–H and O–H groups in total. The van der Waals surface area contributed by atoms with Crippen molar-refractivity contribution >= 4 is 29.2 Å². The molecule has 1 unspecified atom stereocenters. The molecule has 0 saturated carbocycles. The van der Waals surface area contributed by atoms with E-state index in [-0.39, 0.29) is 16.6 Å². The van der Waals surface area contributed by atoms with E-state index in [0.29, 0.717) is 11.6 Å². The smallest absolute Gasteiger partial charge is 0.287 e. The van der Waals surface area contributed by atoms with Crippen molar-refractivity contribution < 1.29 is 9.26 Å². The van der Waals surface area contributed by atoms with Crippen molar-refractivity contribution in [1.29, 1.82) is 0 Å². The lowest BCUT2D eigenvalue weighted by atomic mass is 10.0. The standard InChI is InChI=1S/C20H28ClN5O3S/c1-13-19(14(2)29-24-13)30-25-7-5-16(6-8-25)26-20(27)18(21)17(11-23-26)22-10-15-4-3-9-28-12-15/h11,15-16,22H,3-10,12H2,1-2H3. The SMILES string of the molecule is Cc1noc(C)c1SN1CCC(n2ncc(NCC3CCCOC3)c(Cl)c2=O)CC1. The maximum Gasteiger partial charge on any atom is 0.287 e. The molecule has 0 amide bonds. The van der Waals surface area contributed by atoms with Crippen molar-refractivity contribution in [2.24, 2.45) is 5.92 Å². The summed E-state index contributed by atoms with van der Waals surface area (Å²) in [5.41, 5.74) is 1.29. The van der Waals surface area contributed by atoms with Gasteiger partial charge in [-0.1, -0.05) is 16.8 Å². The van der Waals surface area contributed by atoms with Crippen LogP contribution in [-0.2, 0) is 4.74 Å². The van der Waals surface area contributed by atoms with Crippen LogP contribution >= 0.6 is 23.5 Å². The van der Waals surface area contributed by atoms with Crippen LogP contribution in [0.1, 0.15) is 43.2 Å². The molecule has 10 heteroatoms. The summed E-state index contributed by atoms with van der Waals surface area (Å²) in [5, 5.41) is 11.9. The number of hydrogen-bond acceptors (Lipinski definition) is 8. The van der Waals surface area contributed by atoms with Gasteiger partial charge in [-0.25, -0.2) is 8.99 Å². The van der Waals surface area contributed by atoms with Crippen molar-refractivity contribution in [3.63, 3.8) is 0 Å². The molecule has 2 aromatic rings. The number of aryl methyl sites for hydroxylation is 2. The third kappa shape index (κ3) is 4.85. The number of halogens is 1. The van der Waals surface area contributed by atoms with E-state index in [1.165, 1.54) is 0 Å². The molecule has 2 fully saturated rings. The first-order valence-corrected chi connectivity index (χ1v) is 11.6. The quantitative estimate of drug-likeness (QED) is 0.663. The van der Waals surface area contributed by atoms with Gasteiger partial charge in [0.15, 0.2) is 0 Å². The Bertz CT molecular complexity index is 900. The average Bonchev–Trinajstić information content (AvgIpc) is 3.08. The molecule has 2 saturated heterocycles. The van der Waals surface area contributed by atoms with Gasteiger partial charge in [-0.05, 0) is 57.4 Å². The fourth-order valence-electron chi connectivity index (χ4n) is 3.96. The van der Waals surface area contributed by atoms with Crippen LogP contribution in [0.4, 0.5) is 5.69 Å². The summed E-state index contributed by atoms with van der Waals surface area (Å²) in [6, 6.07) is 0.0531. The van der Waals surface area contributed by atoms with Crippen LogP contribution in [0.5, 0.6) is 0 Å². The molecule has 0 radical (unpaired) electrons. The van der Waals surface area contributed by atoms with Crippen LogP contribution in [0, 0.1) is 19.8 Å². The lowest BCUT2D eigenvalue weighted by Gasteiger charge is -2.31. The van der Waals surface area contributed by atoms with E-state index in [1.807, 2.05) is 13.8 Å². The Morgan fingerprint density at radius 1 is 1.30 bits per heavy atom. The van der Waals surface area contributed by atoms with E-state index in [0.717, 1.165) is 74.9 Å². The minimum absolute atomic E-state index is 0.0531. The van der Waals surface area contributed by atoms with Gasteiger partial charge in [-0.3, -0.25) is 4.79 Å². The first-order valence-electron chi connectivity index (χ1n) is 10.5. The zero-order valence-electron chi connectivity index (χ0n) is 17.4. The topological polar surface area (TPSA) is 85.4 Å². The maximum atomic E-state index is 12.8. The number of nitrogens with one attached hydrogen (secondary N) is 1. The van der Waals surface area contributed by atoms with Gasteiger partial charge in [0.25, 0.3) is 5.56 Å². The van der Waals surface area contributed by atoms with Crippen molar-refractivity contribution in [2.75, 3.05) is 38.2 Å². The van der Waals surface area contributed by atoms with E-state index in [2.05, 4.69) is 19.9 Å². The van der Waals surface area contributed by atoms with Gasteiger partial charge in [-0.2, -0.15) is 5.10 Å². The van der Waals surface area contributed by atoms with E-state index in [9.17, 15) is 4.79 Å². The number of anilines is 1. The molecule has 2 aliphatic rings. The number of ether oxygens (including phenoxy) is 1. The monoisotopic (exact) mass is 453 g/mol. The van der Waals surface area contributed by atoms with Gasteiger partial charge in [0.2, 0.25) is 0 Å². The molecule has 2 aliphatic heterocycles. The highest BCUT2D eigenvalue weighted by atomic mass is 35.5. The molecule has 0 bridgehead atoms. The Kier molecular flexibility index (Phi) is 7.02. The van der Waals surface area contributed by atoms with Gasteiger partial charge in [0, 0.05) is 26.2 Å². The van der Waals surface area contributed by atoms with Crippen LogP contribution in [0.25, 0.3) is 0 Å².